The molecule has 2 N–H and O–H groups in total. The van der Waals surface area contributed by atoms with Crippen LogP contribution in [0.5, 0.6) is 0 Å². The number of carbonyl (C=O) groups excluding carboxylic acids is 2. The van der Waals surface area contributed by atoms with E-state index in [0.717, 1.165) is 6.42 Å². The molecule has 1 saturated heterocycles. The molecule has 2 rings (SSSR count). The van der Waals surface area contributed by atoms with Crippen LogP contribution >= 0.6 is 0 Å². The van der Waals surface area contributed by atoms with Crippen LogP contribution in [-0.4, -0.2) is 24.3 Å². The Morgan fingerprint density at radius 1 is 1.35 bits per heavy atom. The topological polar surface area (TPSA) is 63.4 Å². The van der Waals surface area contributed by atoms with Gasteiger partial charge >= 0.3 is 0 Å². The molecule has 5 heteroatoms. The minimum Gasteiger partial charge on any atom is -0.369 e. The SMILES string of the molecule is CC(=O)c1cccc(F)c1N1CC(C(N)=O)CCC1C. The summed E-state index contributed by atoms with van der Waals surface area (Å²) in [5.41, 5.74) is 6.00. The van der Waals surface area contributed by atoms with E-state index in [9.17, 15) is 14.0 Å². The number of halogens is 1. The fraction of sp³-hybridized carbons (Fsp3) is 0.467. The van der Waals surface area contributed by atoms with Crippen LogP contribution in [0.25, 0.3) is 0 Å². The number of hydrogen-bond donors (Lipinski definition) is 1. The highest BCUT2D eigenvalue weighted by Crippen LogP contribution is 2.32. The van der Waals surface area contributed by atoms with Crippen LogP contribution in [0, 0.1) is 11.7 Å². The lowest BCUT2D eigenvalue weighted by molar-refractivity contribution is -0.122. The molecule has 1 aromatic carbocycles. The number of carbonyl (C=O) groups is 2. The summed E-state index contributed by atoms with van der Waals surface area (Å²) in [4.78, 5) is 24.9. The summed E-state index contributed by atoms with van der Waals surface area (Å²) in [6.07, 6.45) is 1.45. The molecule has 1 amide bonds. The third kappa shape index (κ3) is 2.66. The maximum Gasteiger partial charge on any atom is 0.222 e. The molecule has 0 bridgehead atoms. The molecule has 2 unspecified atom stereocenters. The lowest BCUT2D eigenvalue weighted by atomic mass is 9.91. The Kier molecular flexibility index (Phi) is 4.06. The third-order valence-electron chi connectivity index (χ3n) is 3.94. The van der Waals surface area contributed by atoms with E-state index in [0.29, 0.717) is 24.2 Å². The lowest BCUT2D eigenvalue weighted by Crippen LogP contribution is -2.46. The standard InChI is InChI=1S/C15H19FN2O2/c1-9-6-7-11(15(17)20)8-18(9)14-12(10(2)19)4-3-5-13(14)16/h3-5,9,11H,6-8H2,1-2H3,(H2,17,20). The second kappa shape index (κ2) is 5.61. The van der Waals surface area contributed by atoms with Gasteiger partial charge in [-0.1, -0.05) is 6.07 Å². The van der Waals surface area contributed by atoms with Crippen LogP contribution in [0.4, 0.5) is 10.1 Å². The van der Waals surface area contributed by atoms with Gasteiger partial charge in [-0.2, -0.15) is 0 Å². The average Bonchev–Trinajstić information content (AvgIpc) is 2.39. The highest BCUT2D eigenvalue weighted by molar-refractivity contribution is 6.00. The Morgan fingerprint density at radius 2 is 2.05 bits per heavy atom. The second-order valence-electron chi connectivity index (χ2n) is 5.37. The largest absolute Gasteiger partial charge is 0.369 e. The molecule has 1 aliphatic heterocycles. The first-order valence-corrected chi connectivity index (χ1v) is 6.77. The van der Waals surface area contributed by atoms with Crippen LogP contribution in [0.2, 0.25) is 0 Å². The van der Waals surface area contributed by atoms with Crippen molar-refractivity contribution in [1.29, 1.82) is 0 Å². The van der Waals surface area contributed by atoms with Crippen molar-refractivity contribution in [3.05, 3.63) is 29.6 Å². The van der Waals surface area contributed by atoms with E-state index in [1.165, 1.54) is 19.1 Å². The predicted octanol–water partition coefficient (Wildman–Crippen LogP) is 2.12. The van der Waals surface area contributed by atoms with Crippen molar-refractivity contribution in [1.82, 2.24) is 0 Å². The first kappa shape index (κ1) is 14.5. The highest BCUT2D eigenvalue weighted by atomic mass is 19.1. The van der Waals surface area contributed by atoms with Crippen molar-refractivity contribution in [2.45, 2.75) is 32.7 Å². The van der Waals surface area contributed by atoms with Crippen molar-refractivity contribution in [2.75, 3.05) is 11.4 Å². The summed E-state index contributed by atoms with van der Waals surface area (Å²) >= 11 is 0. The zero-order chi connectivity index (χ0) is 14.9. The van der Waals surface area contributed by atoms with Crippen LogP contribution in [-0.2, 0) is 4.79 Å². The molecule has 1 aliphatic rings. The maximum absolute atomic E-state index is 14.2. The van der Waals surface area contributed by atoms with E-state index in [2.05, 4.69) is 0 Å². The molecule has 1 aromatic rings. The minimum atomic E-state index is -0.435. The van der Waals surface area contributed by atoms with Crippen LogP contribution in [0.3, 0.4) is 0 Å². The normalized spacial score (nSPS) is 22.6. The molecule has 20 heavy (non-hydrogen) atoms. The number of rotatable bonds is 3. The molecule has 0 aliphatic carbocycles. The van der Waals surface area contributed by atoms with Gasteiger partial charge in [0, 0.05) is 18.2 Å². The number of ketones is 1. The van der Waals surface area contributed by atoms with Crippen molar-refractivity contribution in [3.8, 4) is 0 Å². The van der Waals surface area contributed by atoms with Gasteiger partial charge in [-0.15, -0.1) is 0 Å². The van der Waals surface area contributed by atoms with Gasteiger partial charge in [-0.05, 0) is 38.8 Å². The van der Waals surface area contributed by atoms with E-state index in [1.54, 1.807) is 11.0 Å². The molecule has 1 heterocycles. The molecule has 0 radical (unpaired) electrons. The second-order valence-corrected chi connectivity index (χ2v) is 5.37. The number of para-hydroxylation sites is 1. The van der Waals surface area contributed by atoms with Crippen LogP contribution in [0.15, 0.2) is 18.2 Å². The zero-order valence-corrected chi connectivity index (χ0v) is 11.7. The Bertz CT molecular complexity index is 545. The Balaban J connectivity index is 2.43. The number of primary amides is 1. The average molecular weight is 278 g/mol. The van der Waals surface area contributed by atoms with Crippen molar-refractivity contribution in [3.63, 3.8) is 0 Å². The number of Topliss-reactive ketones (excluding diaryl/α,β-unsaturated/α-hetero) is 1. The zero-order valence-electron chi connectivity index (χ0n) is 11.7. The number of amides is 1. The number of nitrogens with zero attached hydrogens (tertiary/aromatic N) is 1. The highest BCUT2D eigenvalue weighted by Gasteiger charge is 2.31. The van der Waals surface area contributed by atoms with E-state index < -0.39 is 5.82 Å². The molecule has 0 spiro atoms. The fourth-order valence-corrected chi connectivity index (χ4v) is 2.74. The van der Waals surface area contributed by atoms with Gasteiger partial charge in [0.2, 0.25) is 5.91 Å². The molecule has 4 nitrogen and oxygen atoms in total. The van der Waals surface area contributed by atoms with Crippen LogP contribution in [0.1, 0.15) is 37.0 Å². The summed E-state index contributed by atoms with van der Waals surface area (Å²) in [6, 6.07) is 4.54. The molecule has 0 saturated carbocycles. The van der Waals surface area contributed by atoms with E-state index in [4.69, 9.17) is 5.73 Å². The number of nitrogens with two attached hydrogens (primary N) is 1. The first-order valence-electron chi connectivity index (χ1n) is 6.77. The smallest absolute Gasteiger partial charge is 0.222 e. The number of hydrogen-bond acceptors (Lipinski definition) is 3. The number of piperidine rings is 1. The summed E-state index contributed by atoms with van der Waals surface area (Å²) in [7, 11) is 0. The van der Waals surface area contributed by atoms with Crippen molar-refractivity contribution in [2.24, 2.45) is 11.7 Å². The molecular formula is C15H19FN2O2. The Labute approximate surface area is 117 Å². The van der Waals surface area contributed by atoms with Gasteiger partial charge < -0.3 is 10.6 Å². The summed E-state index contributed by atoms with van der Waals surface area (Å²) in [5, 5.41) is 0. The Hall–Kier alpha value is -1.91. The van der Waals surface area contributed by atoms with Crippen molar-refractivity contribution < 1.29 is 14.0 Å². The van der Waals surface area contributed by atoms with Crippen molar-refractivity contribution >= 4 is 17.4 Å². The summed E-state index contributed by atoms with van der Waals surface area (Å²) < 4.78 is 14.2. The molecule has 0 aromatic heterocycles. The van der Waals surface area contributed by atoms with Gasteiger partial charge in [0.1, 0.15) is 5.82 Å². The predicted molar refractivity (Wildman–Crippen MR) is 75.1 cm³/mol. The molecule has 2 atom stereocenters. The lowest BCUT2D eigenvalue weighted by Gasteiger charge is -2.39. The quantitative estimate of drug-likeness (QED) is 0.861. The Morgan fingerprint density at radius 3 is 2.65 bits per heavy atom. The number of anilines is 1. The van der Waals surface area contributed by atoms with E-state index in [1.807, 2.05) is 6.92 Å². The van der Waals surface area contributed by atoms with Gasteiger partial charge in [-0.3, -0.25) is 9.59 Å². The summed E-state index contributed by atoms with van der Waals surface area (Å²) in [6.45, 7) is 3.74. The first-order chi connectivity index (χ1) is 9.41. The van der Waals surface area contributed by atoms with Gasteiger partial charge in [-0.25, -0.2) is 4.39 Å². The monoisotopic (exact) mass is 278 g/mol. The van der Waals surface area contributed by atoms with E-state index >= 15 is 0 Å². The van der Waals surface area contributed by atoms with E-state index in [-0.39, 0.29) is 23.7 Å². The number of benzene rings is 1. The van der Waals surface area contributed by atoms with Gasteiger partial charge in [0.15, 0.2) is 5.78 Å². The molecular weight excluding hydrogens is 259 g/mol. The minimum absolute atomic E-state index is 0.0700. The molecule has 1 fully saturated rings. The van der Waals surface area contributed by atoms with Gasteiger partial charge in [0.05, 0.1) is 11.6 Å². The van der Waals surface area contributed by atoms with Gasteiger partial charge in [0.25, 0.3) is 0 Å². The van der Waals surface area contributed by atoms with Crippen LogP contribution < -0.4 is 10.6 Å². The summed E-state index contributed by atoms with van der Waals surface area (Å²) in [5.74, 6) is -1.30. The fourth-order valence-electron chi connectivity index (χ4n) is 2.74. The molecule has 108 valence electrons. The maximum atomic E-state index is 14.2. The third-order valence-corrected chi connectivity index (χ3v) is 3.94.